The summed E-state index contributed by atoms with van der Waals surface area (Å²) in [6.45, 7) is 13.1. The summed E-state index contributed by atoms with van der Waals surface area (Å²) in [5.41, 5.74) is 0.492. The van der Waals surface area contributed by atoms with Crippen molar-refractivity contribution in [1.82, 2.24) is 0 Å². The molecule has 2 aliphatic rings. The number of nitrogens with zero attached hydrogens (tertiary/aromatic N) is 2. The molecule has 0 amide bonds. The topological polar surface area (TPSA) is 12.4 Å². The highest BCUT2D eigenvalue weighted by molar-refractivity contribution is 5.60. The van der Waals surface area contributed by atoms with E-state index in [9.17, 15) is 0 Å². The third-order valence-corrected chi connectivity index (χ3v) is 5.71. The molecule has 0 spiro atoms. The van der Waals surface area contributed by atoms with Gasteiger partial charge in [-0.15, -0.1) is 0 Å². The molecule has 1 atom stereocenters. The lowest BCUT2D eigenvalue weighted by Gasteiger charge is -2.58. The molecular formula is C17H31N2+. The van der Waals surface area contributed by atoms with Crippen molar-refractivity contribution >= 4 is 6.21 Å². The quantitative estimate of drug-likeness (QED) is 0.650. The molecule has 2 heteroatoms. The summed E-state index contributed by atoms with van der Waals surface area (Å²) >= 11 is 0. The lowest BCUT2D eigenvalue weighted by Crippen LogP contribution is -2.70. The maximum Gasteiger partial charge on any atom is 0.120 e. The molecule has 0 saturated heterocycles. The van der Waals surface area contributed by atoms with E-state index < -0.39 is 0 Å². The van der Waals surface area contributed by atoms with Crippen molar-refractivity contribution in [3.8, 4) is 0 Å². The van der Waals surface area contributed by atoms with Crippen molar-refractivity contribution in [3.05, 3.63) is 12.4 Å². The van der Waals surface area contributed by atoms with E-state index in [1.54, 1.807) is 0 Å². The molecule has 0 bridgehead atoms. The average Bonchev–Trinajstić information content (AvgIpc) is 2.39. The Balaban J connectivity index is 2.37. The summed E-state index contributed by atoms with van der Waals surface area (Å²) in [6, 6.07) is 0. The second-order valence-electron chi connectivity index (χ2n) is 7.84. The van der Waals surface area contributed by atoms with Crippen LogP contribution in [0, 0.1) is 5.92 Å². The summed E-state index contributed by atoms with van der Waals surface area (Å²) in [6.07, 6.45) is 13.5. The van der Waals surface area contributed by atoms with Crippen LogP contribution in [0.5, 0.6) is 0 Å². The zero-order valence-electron chi connectivity index (χ0n) is 13.4. The fourth-order valence-corrected chi connectivity index (χ4v) is 4.37. The van der Waals surface area contributed by atoms with Crippen LogP contribution >= 0.6 is 0 Å². The van der Waals surface area contributed by atoms with Crippen LogP contribution in [0.25, 0.3) is 0 Å². The molecule has 1 aliphatic carbocycles. The van der Waals surface area contributed by atoms with Crippen molar-refractivity contribution in [2.45, 2.75) is 77.8 Å². The van der Waals surface area contributed by atoms with Gasteiger partial charge in [0.05, 0.1) is 18.0 Å². The normalized spacial score (nSPS) is 29.7. The average molecular weight is 263 g/mol. The summed E-state index contributed by atoms with van der Waals surface area (Å²) < 4.78 is 1.04. The number of hydrogen-bond acceptors (Lipinski definition) is 1. The first-order valence-electron chi connectivity index (χ1n) is 7.88. The molecular weight excluding hydrogens is 232 g/mol. The Labute approximate surface area is 119 Å². The van der Waals surface area contributed by atoms with Crippen molar-refractivity contribution in [1.29, 1.82) is 0 Å². The highest BCUT2D eigenvalue weighted by Gasteiger charge is 2.54. The Morgan fingerprint density at radius 1 is 1.00 bits per heavy atom. The van der Waals surface area contributed by atoms with E-state index in [4.69, 9.17) is 0 Å². The van der Waals surface area contributed by atoms with Gasteiger partial charge in [0, 0.05) is 5.92 Å². The lowest BCUT2D eigenvalue weighted by atomic mass is 9.72. The van der Waals surface area contributed by atoms with E-state index in [1.807, 2.05) is 6.20 Å². The van der Waals surface area contributed by atoms with Crippen molar-refractivity contribution < 1.29 is 4.48 Å². The Hall–Kier alpha value is -0.630. The smallest absolute Gasteiger partial charge is 0.120 e. The first-order chi connectivity index (χ1) is 8.81. The van der Waals surface area contributed by atoms with Crippen LogP contribution in [-0.4, -0.2) is 28.3 Å². The molecule has 0 aromatic heterocycles. The second kappa shape index (κ2) is 5.05. The SMILES string of the molecule is CC(C)(C)[N+]1(C(C)(C)C2CCCCC2)C=CN=CC1. The predicted molar refractivity (Wildman–Crippen MR) is 83.2 cm³/mol. The molecule has 0 N–H and O–H groups in total. The third kappa shape index (κ3) is 2.40. The van der Waals surface area contributed by atoms with Gasteiger partial charge in [0.15, 0.2) is 0 Å². The van der Waals surface area contributed by atoms with E-state index in [0.29, 0.717) is 0 Å². The molecule has 1 saturated carbocycles. The van der Waals surface area contributed by atoms with Crippen LogP contribution in [-0.2, 0) is 0 Å². The number of rotatable bonds is 2. The molecule has 108 valence electrons. The van der Waals surface area contributed by atoms with E-state index in [1.165, 1.54) is 32.1 Å². The van der Waals surface area contributed by atoms with Gasteiger partial charge in [-0.25, -0.2) is 0 Å². The van der Waals surface area contributed by atoms with E-state index in [0.717, 1.165) is 16.9 Å². The first-order valence-corrected chi connectivity index (χ1v) is 7.88. The van der Waals surface area contributed by atoms with Crippen LogP contribution in [0.15, 0.2) is 17.4 Å². The monoisotopic (exact) mass is 263 g/mol. The predicted octanol–water partition coefficient (Wildman–Crippen LogP) is 4.52. The molecule has 19 heavy (non-hydrogen) atoms. The number of hydrogen-bond donors (Lipinski definition) is 0. The van der Waals surface area contributed by atoms with Gasteiger partial charge in [0.1, 0.15) is 18.3 Å². The molecule has 1 unspecified atom stereocenters. The Bertz CT molecular complexity index is 367. The van der Waals surface area contributed by atoms with E-state index >= 15 is 0 Å². The van der Waals surface area contributed by atoms with Crippen LogP contribution in [0.1, 0.15) is 66.7 Å². The minimum absolute atomic E-state index is 0.212. The maximum atomic E-state index is 4.32. The van der Waals surface area contributed by atoms with Gasteiger partial charge < -0.3 is 0 Å². The molecule has 0 aromatic carbocycles. The van der Waals surface area contributed by atoms with Crippen molar-refractivity contribution in [3.63, 3.8) is 0 Å². The molecule has 1 fully saturated rings. The highest BCUT2D eigenvalue weighted by Crippen LogP contribution is 2.45. The van der Waals surface area contributed by atoms with Gasteiger partial charge in [-0.2, -0.15) is 0 Å². The molecule has 1 heterocycles. The summed E-state index contributed by atoms with van der Waals surface area (Å²) in [7, 11) is 0. The minimum atomic E-state index is 0.212. The molecule has 2 nitrogen and oxygen atoms in total. The first kappa shape index (κ1) is 14.8. The molecule has 0 aromatic rings. The minimum Gasteiger partial charge on any atom is -0.283 e. The van der Waals surface area contributed by atoms with Gasteiger partial charge in [-0.05, 0) is 47.5 Å². The third-order valence-electron chi connectivity index (χ3n) is 5.71. The number of quaternary nitrogens is 1. The zero-order valence-corrected chi connectivity index (χ0v) is 13.4. The van der Waals surface area contributed by atoms with Crippen LogP contribution in [0.3, 0.4) is 0 Å². The van der Waals surface area contributed by atoms with Crippen LogP contribution < -0.4 is 0 Å². The van der Waals surface area contributed by atoms with Gasteiger partial charge in [0.25, 0.3) is 0 Å². The summed E-state index contributed by atoms with van der Waals surface area (Å²) in [5, 5.41) is 0. The molecule has 2 rings (SSSR count). The van der Waals surface area contributed by atoms with Gasteiger partial charge >= 0.3 is 0 Å². The van der Waals surface area contributed by atoms with Gasteiger partial charge in [-0.1, -0.05) is 19.3 Å². The van der Waals surface area contributed by atoms with E-state index in [-0.39, 0.29) is 11.1 Å². The van der Waals surface area contributed by atoms with E-state index in [2.05, 4.69) is 52.0 Å². The molecule has 0 radical (unpaired) electrons. The van der Waals surface area contributed by atoms with Gasteiger partial charge in [-0.3, -0.25) is 9.48 Å². The van der Waals surface area contributed by atoms with Crippen LogP contribution in [0.2, 0.25) is 0 Å². The highest BCUT2D eigenvalue weighted by atomic mass is 15.4. The fourth-order valence-electron chi connectivity index (χ4n) is 4.37. The summed E-state index contributed by atoms with van der Waals surface area (Å²) in [4.78, 5) is 4.32. The standard InChI is InChI=1S/C17H31N2/c1-16(2,3)19(13-11-18-12-14-19)17(4,5)15-9-7-6-8-10-15/h11-13,15H,6-10,14H2,1-5H3/q+1. The van der Waals surface area contributed by atoms with Crippen molar-refractivity contribution in [2.24, 2.45) is 10.9 Å². The largest absolute Gasteiger partial charge is 0.283 e. The zero-order chi connectivity index (χ0) is 14.1. The maximum absolute atomic E-state index is 4.32. The Kier molecular flexibility index (Phi) is 3.92. The Morgan fingerprint density at radius 2 is 1.63 bits per heavy atom. The van der Waals surface area contributed by atoms with Crippen LogP contribution in [0.4, 0.5) is 0 Å². The Morgan fingerprint density at radius 3 is 2.11 bits per heavy atom. The second-order valence-corrected chi connectivity index (χ2v) is 7.84. The number of aliphatic imine (C=N–C) groups is 1. The fraction of sp³-hybridized carbons (Fsp3) is 0.824. The lowest BCUT2D eigenvalue weighted by molar-refractivity contribution is -0.966. The molecule has 1 aliphatic heterocycles. The van der Waals surface area contributed by atoms with Gasteiger partial charge in [0.2, 0.25) is 0 Å². The summed E-state index contributed by atoms with van der Waals surface area (Å²) in [5.74, 6) is 0.830. The van der Waals surface area contributed by atoms with Crippen molar-refractivity contribution in [2.75, 3.05) is 6.54 Å².